The van der Waals surface area contributed by atoms with Gasteiger partial charge in [0.2, 0.25) is 0 Å². The molecule has 3 amide bonds. The van der Waals surface area contributed by atoms with E-state index in [1.807, 2.05) is 0 Å². The highest BCUT2D eigenvalue weighted by molar-refractivity contribution is 6.00. The third-order valence-electron chi connectivity index (χ3n) is 4.40. The number of carbonyl (C=O) groups excluding carboxylic acids is 2. The summed E-state index contributed by atoms with van der Waals surface area (Å²) in [5.74, 6) is -0.687. The number of hydrogen-bond acceptors (Lipinski definition) is 5. The third-order valence-corrected chi connectivity index (χ3v) is 4.40. The quantitative estimate of drug-likeness (QED) is 0.790. The average Bonchev–Trinajstić information content (AvgIpc) is 3.06. The lowest BCUT2D eigenvalue weighted by Crippen LogP contribution is -2.46. The van der Waals surface area contributed by atoms with Crippen molar-refractivity contribution in [1.29, 1.82) is 0 Å². The van der Waals surface area contributed by atoms with Crippen molar-refractivity contribution in [3.8, 4) is 5.75 Å². The van der Waals surface area contributed by atoms with Gasteiger partial charge in [0.15, 0.2) is 0 Å². The molecule has 0 bridgehead atoms. The maximum Gasteiger partial charge on any atom is 0.322 e. The third kappa shape index (κ3) is 3.72. The monoisotopic (exact) mass is 363 g/mol. The van der Waals surface area contributed by atoms with Crippen molar-refractivity contribution >= 4 is 23.6 Å². The van der Waals surface area contributed by atoms with Crippen LogP contribution < -0.4 is 15.0 Å². The summed E-state index contributed by atoms with van der Waals surface area (Å²) in [5.41, 5.74) is 0.945. The Hall–Kier alpha value is -2.81. The Morgan fingerprint density at radius 3 is 2.85 bits per heavy atom. The highest BCUT2D eigenvalue weighted by Crippen LogP contribution is 2.31. The molecular formula is C17H21N3O6. The molecule has 1 unspecified atom stereocenters. The van der Waals surface area contributed by atoms with E-state index >= 15 is 0 Å². The second-order valence-electron chi connectivity index (χ2n) is 6.11. The number of nitrogens with one attached hydrogen (secondary N) is 1. The molecule has 9 heteroatoms. The fourth-order valence-electron chi connectivity index (χ4n) is 3.14. The van der Waals surface area contributed by atoms with Crippen molar-refractivity contribution in [1.82, 2.24) is 10.2 Å². The van der Waals surface area contributed by atoms with Gasteiger partial charge in [-0.2, -0.15) is 0 Å². The first kappa shape index (κ1) is 18.0. The van der Waals surface area contributed by atoms with E-state index in [9.17, 15) is 14.4 Å². The summed E-state index contributed by atoms with van der Waals surface area (Å²) in [6, 6.07) is 4.69. The van der Waals surface area contributed by atoms with Crippen LogP contribution in [0.2, 0.25) is 0 Å². The number of ether oxygens (including phenoxy) is 2. The number of aliphatic carboxylic acids is 1. The van der Waals surface area contributed by atoms with Gasteiger partial charge in [0.05, 0.1) is 31.9 Å². The topological polar surface area (TPSA) is 108 Å². The molecule has 0 spiro atoms. The summed E-state index contributed by atoms with van der Waals surface area (Å²) in [7, 11) is 1.51. The highest BCUT2D eigenvalue weighted by Gasteiger charge is 2.29. The van der Waals surface area contributed by atoms with E-state index in [0.717, 1.165) is 0 Å². The molecule has 1 aromatic carbocycles. The van der Waals surface area contributed by atoms with Crippen LogP contribution in [0.4, 0.5) is 10.5 Å². The number of carbonyl (C=O) groups is 3. The van der Waals surface area contributed by atoms with Crippen LogP contribution in [0.5, 0.6) is 5.75 Å². The molecule has 140 valence electrons. The van der Waals surface area contributed by atoms with Crippen LogP contribution in [0.25, 0.3) is 0 Å². The van der Waals surface area contributed by atoms with Gasteiger partial charge in [-0.1, -0.05) is 0 Å². The second-order valence-corrected chi connectivity index (χ2v) is 6.11. The van der Waals surface area contributed by atoms with E-state index in [4.69, 9.17) is 14.6 Å². The minimum absolute atomic E-state index is 0.147. The van der Waals surface area contributed by atoms with E-state index in [0.29, 0.717) is 43.2 Å². The van der Waals surface area contributed by atoms with Crippen molar-refractivity contribution < 1.29 is 29.0 Å². The molecule has 2 heterocycles. The number of carboxylic acids is 1. The summed E-state index contributed by atoms with van der Waals surface area (Å²) in [5, 5.41) is 11.6. The summed E-state index contributed by atoms with van der Waals surface area (Å²) in [6.45, 7) is 1.92. The number of amides is 3. The first-order chi connectivity index (χ1) is 12.5. The number of nitrogens with zero attached hydrogens (tertiary/aromatic N) is 2. The number of urea groups is 1. The molecule has 1 aromatic rings. The Bertz CT molecular complexity index is 722. The van der Waals surface area contributed by atoms with Crippen LogP contribution in [0.15, 0.2) is 18.2 Å². The van der Waals surface area contributed by atoms with Gasteiger partial charge in [0.25, 0.3) is 5.91 Å². The first-order valence-corrected chi connectivity index (χ1v) is 8.35. The Morgan fingerprint density at radius 2 is 2.19 bits per heavy atom. The summed E-state index contributed by atoms with van der Waals surface area (Å²) >= 11 is 0. The SMILES string of the molecule is COc1ccc(C(=O)N2CCOC(CC(=O)O)C2)cc1N1CCNC1=O. The van der Waals surface area contributed by atoms with Gasteiger partial charge in [-0.25, -0.2) is 4.79 Å². The number of hydrogen-bond donors (Lipinski definition) is 2. The van der Waals surface area contributed by atoms with Crippen LogP contribution in [0, 0.1) is 0 Å². The van der Waals surface area contributed by atoms with Crippen LogP contribution >= 0.6 is 0 Å². The van der Waals surface area contributed by atoms with Gasteiger partial charge >= 0.3 is 12.0 Å². The number of anilines is 1. The minimum atomic E-state index is -0.962. The minimum Gasteiger partial charge on any atom is -0.495 e. The predicted octanol–water partition coefficient (Wildman–Crippen LogP) is 0.541. The first-order valence-electron chi connectivity index (χ1n) is 8.35. The molecule has 0 aliphatic carbocycles. The Kier molecular flexibility index (Phi) is 5.27. The van der Waals surface area contributed by atoms with E-state index in [2.05, 4.69) is 5.32 Å². The van der Waals surface area contributed by atoms with E-state index in [-0.39, 0.29) is 24.9 Å². The van der Waals surface area contributed by atoms with Crippen molar-refractivity contribution in [2.24, 2.45) is 0 Å². The molecule has 3 rings (SSSR count). The molecule has 26 heavy (non-hydrogen) atoms. The number of carboxylic acid groups (broad SMARTS) is 1. The molecule has 2 fully saturated rings. The molecule has 2 aliphatic rings. The van der Waals surface area contributed by atoms with Gasteiger partial charge in [-0.3, -0.25) is 14.5 Å². The smallest absolute Gasteiger partial charge is 0.322 e. The van der Waals surface area contributed by atoms with Gasteiger partial charge in [-0.05, 0) is 18.2 Å². The molecular weight excluding hydrogens is 342 g/mol. The molecule has 2 saturated heterocycles. The van der Waals surface area contributed by atoms with Crippen molar-refractivity contribution in [3.63, 3.8) is 0 Å². The van der Waals surface area contributed by atoms with E-state index in [1.54, 1.807) is 23.1 Å². The average molecular weight is 363 g/mol. The zero-order valence-electron chi connectivity index (χ0n) is 14.4. The number of methoxy groups -OCH3 is 1. The fraction of sp³-hybridized carbons (Fsp3) is 0.471. The molecule has 9 nitrogen and oxygen atoms in total. The molecule has 0 aromatic heterocycles. The number of rotatable bonds is 5. The van der Waals surface area contributed by atoms with Crippen LogP contribution in [-0.4, -0.2) is 73.9 Å². The lowest BCUT2D eigenvalue weighted by atomic mass is 10.1. The summed E-state index contributed by atoms with van der Waals surface area (Å²) < 4.78 is 10.7. The second kappa shape index (κ2) is 7.61. The number of morpholine rings is 1. The molecule has 2 N–H and O–H groups in total. The van der Waals surface area contributed by atoms with E-state index < -0.39 is 12.1 Å². The summed E-state index contributed by atoms with van der Waals surface area (Å²) in [6.07, 6.45) is -0.668. The Morgan fingerprint density at radius 1 is 1.38 bits per heavy atom. The maximum absolute atomic E-state index is 12.8. The largest absolute Gasteiger partial charge is 0.495 e. The van der Waals surface area contributed by atoms with E-state index in [1.165, 1.54) is 12.0 Å². The summed E-state index contributed by atoms with van der Waals surface area (Å²) in [4.78, 5) is 38.8. The van der Waals surface area contributed by atoms with Crippen molar-refractivity contribution in [2.45, 2.75) is 12.5 Å². The highest BCUT2D eigenvalue weighted by atomic mass is 16.5. The molecule has 1 atom stereocenters. The van der Waals surface area contributed by atoms with Gasteiger partial charge in [0.1, 0.15) is 5.75 Å². The number of benzene rings is 1. The predicted molar refractivity (Wildman–Crippen MR) is 91.6 cm³/mol. The molecule has 0 saturated carbocycles. The van der Waals surface area contributed by atoms with Gasteiger partial charge in [-0.15, -0.1) is 0 Å². The fourth-order valence-corrected chi connectivity index (χ4v) is 3.14. The standard InChI is InChI=1S/C17H21N3O6/c1-25-14-3-2-11(8-13(14)20-5-4-18-17(20)24)16(23)19-6-7-26-12(10-19)9-15(21)22/h2-3,8,12H,4-7,9-10H2,1H3,(H,18,24)(H,21,22). The molecule has 0 radical (unpaired) electrons. The lowest BCUT2D eigenvalue weighted by Gasteiger charge is -2.32. The Balaban J connectivity index is 1.81. The van der Waals surface area contributed by atoms with Crippen molar-refractivity contribution in [2.75, 3.05) is 44.8 Å². The van der Waals surface area contributed by atoms with Gasteiger partial charge in [0, 0.05) is 31.7 Å². The van der Waals surface area contributed by atoms with Crippen LogP contribution in [0.3, 0.4) is 0 Å². The lowest BCUT2D eigenvalue weighted by molar-refractivity contribution is -0.141. The van der Waals surface area contributed by atoms with Crippen molar-refractivity contribution in [3.05, 3.63) is 23.8 Å². The van der Waals surface area contributed by atoms with Crippen LogP contribution in [0.1, 0.15) is 16.8 Å². The van der Waals surface area contributed by atoms with Gasteiger partial charge < -0.3 is 24.8 Å². The normalized spacial score (nSPS) is 20.0. The zero-order valence-corrected chi connectivity index (χ0v) is 14.4. The maximum atomic E-state index is 12.8. The molecule has 2 aliphatic heterocycles. The Labute approximate surface area is 150 Å². The van der Waals surface area contributed by atoms with Crippen LogP contribution in [-0.2, 0) is 9.53 Å². The zero-order chi connectivity index (χ0) is 18.7.